The zero-order valence-corrected chi connectivity index (χ0v) is 17.2. The van der Waals surface area contributed by atoms with Crippen molar-refractivity contribution in [3.8, 4) is 11.3 Å². The Morgan fingerprint density at radius 3 is 1.97 bits per heavy atom. The smallest absolute Gasteiger partial charge is 0.220 e. The molecule has 0 aliphatic carbocycles. The van der Waals surface area contributed by atoms with E-state index in [-0.39, 0.29) is 10.6 Å². The van der Waals surface area contributed by atoms with Gasteiger partial charge in [0, 0.05) is 17.3 Å². The summed E-state index contributed by atoms with van der Waals surface area (Å²) in [5.41, 5.74) is 4.17. The van der Waals surface area contributed by atoms with Gasteiger partial charge in [0.2, 0.25) is 4.77 Å². The first kappa shape index (κ1) is 19.6. The van der Waals surface area contributed by atoms with Crippen LogP contribution in [0.2, 0.25) is 0 Å². The highest BCUT2D eigenvalue weighted by Crippen LogP contribution is 2.24. The average molecular weight is 410 g/mol. The zero-order valence-electron chi connectivity index (χ0n) is 16.4. The molecule has 0 saturated carbocycles. The Bertz CT molecular complexity index is 1260. The normalized spacial score (nSPS) is 11.3. The van der Waals surface area contributed by atoms with Crippen molar-refractivity contribution in [1.29, 1.82) is 0 Å². The average Bonchev–Trinajstić information content (AvgIpc) is 2.81. The molecule has 0 radical (unpaired) electrons. The first-order valence-corrected chi connectivity index (χ1v) is 9.94. The summed E-state index contributed by atoms with van der Waals surface area (Å²) < 4.78 is 1.79. The summed E-state index contributed by atoms with van der Waals surface area (Å²) in [5, 5.41) is 4.61. The molecule has 0 bridgehead atoms. The number of carbonyl (C=O) groups excluding carboxylic acids is 1. The molecule has 4 aromatic rings. The summed E-state index contributed by atoms with van der Waals surface area (Å²) in [6, 6.07) is 28.6. The fourth-order valence-corrected chi connectivity index (χ4v) is 3.33. The largest absolute Gasteiger partial charge is 0.288 e. The van der Waals surface area contributed by atoms with Crippen molar-refractivity contribution >= 4 is 23.7 Å². The van der Waals surface area contributed by atoms with Crippen molar-refractivity contribution in [2.45, 2.75) is 6.92 Å². The van der Waals surface area contributed by atoms with Crippen molar-refractivity contribution < 1.29 is 4.79 Å². The van der Waals surface area contributed by atoms with Crippen molar-refractivity contribution in [3.05, 3.63) is 119 Å². The van der Waals surface area contributed by atoms with E-state index in [2.05, 4.69) is 10.1 Å². The number of hydrogen-bond acceptors (Lipinski definition) is 4. The minimum atomic E-state index is -0.127. The Hall–Kier alpha value is -3.70. The molecular formula is C25H19N3OS. The zero-order chi connectivity index (χ0) is 20.9. The van der Waals surface area contributed by atoms with Crippen LogP contribution < -0.4 is 0 Å². The van der Waals surface area contributed by atoms with Crippen LogP contribution in [-0.2, 0) is 0 Å². The molecule has 30 heavy (non-hydrogen) atoms. The molecule has 1 aromatic heterocycles. The van der Waals surface area contributed by atoms with Crippen LogP contribution >= 0.6 is 12.2 Å². The van der Waals surface area contributed by atoms with E-state index in [1.807, 2.05) is 85.8 Å². The number of nitrogens with zero attached hydrogens (tertiary/aromatic N) is 3. The summed E-state index contributed by atoms with van der Waals surface area (Å²) in [6.45, 7) is 1.90. The van der Waals surface area contributed by atoms with Gasteiger partial charge in [0.15, 0.2) is 5.78 Å². The molecule has 0 spiro atoms. The van der Waals surface area contributed by atoms with Crippen molar-refractivity contribution in [3.63, 3.8) is 0 Å². The van der Waals surface area contributed by atoms with Gasteiger partial charge in [-0.25, -0.2) is 9.66 Å². The Labute approximate surface area is 180 Å². The fourth-order valence-electron chi connectivity index (χ4n) is 3.14. The highest BCUT2D eigenvalue weighted by atomic mass is 32.1. The molecular weight excluding hydrogens is 390 g/mol. The maximum atomic E-state index is 13.3. The second kappa shape index (κ2) is 8.76. The Kier molecular flexibility index (Phi) is 5.72. The molecule has 4 nitrogen and oxygen atoms in total. The first-order valence-electron chi connectivity index (χ1n) is 9.53. The molecule has 4 rings (SSSR count). The molecule has 0 unspecified atom stereocenters. The van der Waals surface area contributed by atoms with E-state index in [0.717, 1.165) is 16.8 Å². The Morgan fingerprint density at radius 2 is 1.37 bits per heavy atom. The number of ketones is 1. The molecule has 146 valence electrons. The standard InChI is InChI=1S/C25H19N3OS/c1-18(19-11-5-2-6-12-19)27-28-17-22(24(29)21-15-9-4-10-16-21)23(26-25(28)30)20-13-7-3-8-14-20/h2-17H,1H3. The van der Waals surface area contributed by atoms with Gasteiger partial charge in [0.1, 0.15) is 0 Å². The van der Waals surface area contributed by atoms with Gasteiger partial charge < -0.3 is 0 Å². The summed E-state index contributed by atoms with van der Waals surface area (Å²) in [7, 11) is 0. The minimum Gasteiger partial charge on any atom is -0.288 e. The lowest BCUT2D eigenvalue weighted by Crippen LogP contribution is -2.11. The van der Waals surface area contributed by atoms with E-state index < -0.39 is 0 Å². The fraction of sp³-hybridized carbons (Fsp3) is 0.0400. The second-order valence-corrected chi connectivity index (χ2v) is 7.11. The van der Waals surface area contributed by atoms with E-state index in [9.17, 15) is 4.79 Å². The highest BCUT2D eigenvalue weighted by molar-refractivity contribution is 7.71. The van der Waals surface area contributed by atoms with Gasteiger partial charge in [-0.3, -0.25) is 4.79 Å². The monoisotopic (exact) mass is 409 g/mol. The second-order valence-electron chi connectivity index (χ2n) is 6.74. The van der Waals surface area contributed by atoms with E-state index in [0.29, 0.717) is 16.8 Å². The molecule has 0 aliphatic heterocycles. The van der Waals surface area contributed by atoms with E-state index in [1.54, 1.807) is 18.3 Å². The van der Waals surface area contributed by atoms with Crippen LogP contribution in [0.5, 0.6) is 0 Å². The minimum absolute atomic E-state index is 0.127. The summed E-state index contributed by atoms with van der Waals surface area (Å²) in [5.74, 6) is -0.127. The number of carbonyl (C=O) groups is 1. The van der Waals surface area contributed by atoms with Crippen LogP contribution in [-0.4, -0.2) is 21.2 Å². The van der Waals surface area contributed by atoms with E-state index in [4.69, 9.17) is 12.2 Å². The molecule has 1 heterocycles. The molecule has 0 N–H and O–H groups in total. The lowest BCUT2D eigenvalue weighted by Gasteiger charge is -2.11. The Balaban J connectivity index is 1.88. The molecule has 0 aliphatic rings. The molecule has 5 heteroatoms. The maximum Gasteiger partial charge on any atom is 0.220 e. The number of hydrogen-bond donors (Lipinski definition) is 0. The van der Waals surface area contributed by atoms with Gasteiger partial charge in [-0.15, -0.1) is 0 Å². The van der Waals surface area contributed by atoms with Gasteiger partial charge in [-0.05, 0) is 24.7 Å². The van der Waals surface area contributed by atoms with Gasteiger partial charge in [0.05, 0.1) is 17.0 Å². The van der Waals surface area contributed by atoms with E-state index >= 15 is 0 Å². The Morgan fingerprint density at radius 1 is 0.833 bits per heavy atom. The van der Waals surface area contributed by atoms with E-state index in [1.165, 1.54) is 4.68 Å². The van der Waals surface area contributed by atoms with Crippen molar-refractivity contribution in [2.24, 2.45) is 5.10 Å². The quantitative estimate of drug-likeness (QED) is 0.238. The third-order valence-corrected chi connectivity index (χ3v) is 4.97. The lowest BCUT2D eigenvalue weighted by molar-refractivity contribution is 0.103. The van der Waals surface area contributed by atoms with Crippen LogP contribution in [0.4, 0.5) is 0 Å². The van der Waals surface area contributed by atoms with Gasteiger partial charge in [-0.2, -0.15) is 5.10 Å². The van der Waals surface area contributed by atoms with Gasteiger partial charge >= 0.3 is 0 Å². The molecule has 0 atom stereocenters. The molecule has 0 fully saturated rings. The van der Waals surface area contributed by atoms with Crippen molar-refractivity contribution in [2.75, 3.05) is 0 Å². The predicted octanol–water partition coefficient (Wildman–Crippen LogP) is 5.78. The van der Waals surface area contributed by atoms with Crippen molar-refractivity contribution in [1.82, 2.24) is 9.66 Å². The predicted molar refractivity (Wildman–Crippen MR) is 122 cm³/mol. The first-order chi connectivity index (χ1) is 14.6. The topological polar surface area (TPSA) is 47.2 Å². The third-order valence-electron chi connectivity index (χ3n) is 4.69. The highest BCUT2D eigenvalue weighted by Gasteiger charge is 2.18. The lowest BCUT2D eigenvalue weighted by atomic mass is 9.99. The van der Waals surface area contributed by atoms with Crippen LogP contribution in [0.1, 0.15) is 28.4 Å². The van der Waals surface area contributed by atoms with Crippen LogP contribution in [0.3, 0.4) is 0 Å². The SMILES string of the molecule is CC(=Nn1cc(C(=O)c2ccccc2)c(-c2ccccc2)nc1=S)c1ccccc1. The van der Waals surface area contributed by atoms with Gasteiger partial charge in [-0.1, -0.05) is 91.0 Å². The molecule has 3 aromatic carbocycles. The number of rotatable bonds is 5. The maximum absolute atomic E-state index is 13.3. The van der Waals surface area contributed by atoms with Crippen LogP contribution in [0.15, 0.2) is 102 Å². The summed E-state index contributed by atoms with van der Waals surface area (Å²) in [6.07, 6.45) is 1.68. The molecule has 0 saturated heterocycles. The number of benzene rings is 3. The van der Waals surface area contributed by atoms with Crippen LogP contribution in [0.25, 0.3) is 11.3 Å². The molecule has 0 amide bonds. The summed E-state index contributed by atoms with van der Waals surface area (Å²) >= 11 is 5.50. The summed E-state index contributed by atoms with van der Waals surface area (Å²) in [4.78, 5) is 17.9. The van der Waals surface area contributed by atoms with Crippen LogP contribution in [0, 0.1) is 4.77 Å². The number of aromatic nitrogens is 2. The van der Waals surface area contributed by atoms with Gasteiger partial charge in [0.25, 0.3) is 0 Å². The third kappa shape index (κ3) is 4.16.